The van der Waals surface area contributed by atoms with Crippen molar-refractivity contribution in [1.82, 2.24) is 24.8 Å². The summed E-state index contributed by atoms with van der Waals surface area (Å²) in [6.07, 6.45) is 5.76. The summed E-state index contributed by atoms with van der Waals surface area (Å²) in [4.78, 5) is 26.2. The number of carbonyl (C=O) groups is 1. The smallest absolute Gasteiger partial charge is 0.200 e. The van der Waals surface area contributed by atoms with E-state index in [2.05, 4.69) is 22.4 Å². The summed E-state index contributed by atoms with van der Waals surface area (Å²) in [6.45, 7) is 4.07. The van der Waals surface area contributed by atoms with Crippen LogP contribution in [-0.2, 0) is 6.42 Å². The van der Waals surface area contributed by atoms with Gasteiger partial charge in [0.2, 0.25) is 5.43 Å². The molecule has 2 aromatic heterocycles. The summed E-state index contributed by atoms with van der Waals surface area (Å²) in [6, 6.07) is 22.6. The molecule has 0 amide bonds. The SMILES string of the molecule is CCc1ccc(C(=O)/C=C/n2cc(-c3nnnn3-c3ccc(C)cc3)c(=O)c3ccccc32)cc1. The topological polar surface area (TPSA) is 82.7 Å². The first kappa shape index (κ1) is 22.2. The summed E-state index contributed by atoms with van der Waals surface area (Å²) < 4.78 is 3.30. The maximum atomic E-state index is 13.4. The van der Waals surface area contributed by atoms with Gasteiger partial charge >= 0.3 is 0 Å². The van der Waals surface area contributed by atoms with E-state index in [1.54, 1.807) is 27.7 Å². The third-order valence-electron chi connectivity index (χ3n) is 5.96. The van der Waals surface area contributed by atoms with Crippen molar-refractivity contribution in [2.24, 2.45) is 0 Å². The van der Waals surface area contributed by atoms with Gasteiger partial charge in [-0.3, -0.25) is 9.59 Å². The van der Waals surface area contributed by atoms with E-state index in [1.165, 1.54) is 11.6 Å². The fraction of sp³-hybridized carbons (Fsp3) is 0.107. The zero-order chi connectivity index (χ0) is 24.4. The number of allylic oxidation sites excluding steroid dienone is 1. The van der Waals surface area contributed by atoms with Gasteiger partial charge in [-0.15, -0.1) is 5.10 Å². The molecule has 35 heavy (non-hydrogen) atoms. The van der Waals surface area contributed by atoms with Gasteiger partial charge in [-0.2, -0.15) is 4.68 Å². The number of fused-ring (bicyclic) bond motifs is 1. The Balaban J connectivity index is 1.60. The summed E-state index contributed by atoms with van der Waals surface area (Å²) in [7, 11) is 0. The molecule has 7 nitrogen and oxygen atoms in total. The fourth-order valence-electron chi connectivity index (χ4n) is 3.95. The molecule has 2 heterocycles. The molecule has 0 aliphatic rings. The molecule has 0 N–H and O–H groups in total. The lowest BCUT2D eigenvalue weighted by atomic mass is 10.1. The van der Waals surface area contributed by atoms with Crippen LogP contribution >= 0.6 is 0 Å². The molecule has 0 atom stereocenters. The Morgan fingerprint density at radius 1 is 0.971 bits per heavy atom. The lowest BCUT2D eigenvalue weighted by Crippen LogP contribution is -2.13. The molecular formula is C28H23N5O2. The third kappa shape index (κ3) is 4.31. The molecule has 172 valence electrons. The monoisotopic (exact) mass is 461 g/mol. The second-order valence-corrected chi connectivity index (χ2v) is 8.28. The summed E-state index contributed by atoms with van der Waals surface area (Å²) in [5.41, 5.74) is 4.46. The molecule has 7 heteroatoms. The van der Waals surface area contributed by atoms with E-state index in [1.807, 2.05) is 73.7 Å². The molecule has 5 aromatic rings. The number of nitrogens with zero attached hydrogens (tertiary/aromatic N) is 5. The minimum absolute atomic E-state index is 0.124. The van der Waals surface area contributed by atoms with Crippen LogP contribution in [0.2, 0.25) is 0 Å². The van der Waals surface area contributed by atoms with Gasteiger partial charge in [0.1, 0.15) is 0 Å². The number of aryl methyl sites for hydroxylation is 2. The van der Waals surface area contributed by atoms with Gasteiger partial charge in [0, 0.05) is 29.4 Å². The van der Waals surface area contributed by atoms with Crippen LogP contribution in [0.15, 0.2) is 89.9 Å². The number of benzene rings is 3. The van der Waals surface area contributed by atoms with Crippen molar-refractivity contribution < 1.29 is 4.79 Å². The second-order valence-electron chi connectivity index (χ2n) is 8.28. The maximum absolute atomic E-state index is 13.4. The van der Waals surface area contributed by atoms with Crippen molar-refractivity contribution in [2.75, 3.05) is 0 Å². The number of hydrogen-bond donors (Lipinski definition) is 0. The van der Waals surface area contributed by atoms with Crippen molar-refractivity contribution in [2.45, 2.75) is 20.3 Å². The number of pyridine rings is 1. The van der Waals surface area contributed by atoms with Gasteiger partial charge in [0.25, 0.3) is 0 Å². The van der Waals surface area contributed by atoms with Crippen LogP contribution in [0.3, 0.4) is 0 Å². The van der Waals surface area contributed by atoms with E-state index < -0.39 is 0 Å². The number of carbonyl (C=O) groups excluding carboxylic acids is 1. The lowest BCUT2D eigenvalue weighted by Gasteiger charge is -2.10. The first-order chi connectivity index (χ1) is 17.0. The molecule has 5 rings (SSSR count). The highest BCUT2D eigenvalue weighted by molar-refractivity contribution is 6.06. The van der Waals surface area contributed by atoms with Gasteiger partial charge in [-0.1, -0.05) is 61.0 Å². The Bertz CT molecular complexity index is 1610. The maximum Gasteiger partial charge on any atom is 0.200 e. The van der Waals surface area contributed by atoms with Crippen LogP contribution in [-0.4, -0.2) is 30.6 Å². The standard InChI is InChI=1S/C28H23N5O2/c1-3-20-10-12-21(13-11-20)26(34)16-17-32-18-24(27(35)23-6-4-5-7-25(23)32)28-29-30-31-33(28)22-14-8-19(2)9-15-22/h4-18H,3H2,1-2H3/b17-16+. The zero-order valence-electron chi connectivity index (χ0n) is 19.4. The van der Waals surface area contributed by atoms with Crippen LogP contribution in [0.1, 0.15) is 28.4 Å². The number of para-hydroxylation sites is 1. The predicted octanol–water partition coefficient (Wildman–Crippen LogP) is 4.87. The molecule has 3 aromatic carbocycles. The molecule has 0 saturated carbocycles. The number of ketones is 1. The molecule has 0 bridgehead atoms. The van der Waals surface area contributed by atoms with Crippen molar-refractivity contribution in [3.63, 3.8) is 0 Å². The Hall–Kier alpha value is -4.65. The van der Waals surface area contributed by atoms with Crippen LogP contribution in [0.25, 0.3) is 34.2 Å². The molecule has 0 aliphatic carbocycles. The van der Waals surface area contributed by atoms with E-state index in [0.29, 0.717) is 27.9 Å². The summed E-state index contributed by atoms with van der Waals surface area (Å²) in [5.74, 6) is 0.203. The van der Waals surface area contributed by atoms with E-state index in [9.17, 15) is 9.59 Å². The Morgan fingerprint density at radius 3 is 2.46 bits per heavy atom. The largest absolute Gasteiger partial charge is 0.322 e. The first-order valence-electron chi connectivity index (χ1n) is 11.4. The Labute approximate surface area is 202 Å². The zero-order valence-corrected chi connectivity index (χ0v) is 19.4. The molecule has 0 fully saturated rings. The van der Waals surface area contributed by atoms with E-state index in [-0.39, 0.29) is 11.2 Å². The fourth-order valence-corrected chi connectivity index (χ4v) is 3.95. The van der Waals surface area contributed by atoms with E-state index in [4.69, 9.17) is 0 Å². The first-order valence-corrected chi connectivity index (χ1v) is 11.4. The van der Waals surface area contributed by atoms with E-state index in [0.717, 1.165) is 17.7 Å². The number of hydrogen-bond acceptors (Lipinski definition) is 5. The quantitative estimate of drug-likeness (QED) is 0.266. The molecule has 0 radical (unpaired) electrons. The molecule has 0 spiro atoms. The molecular weight excluding hydrogens is 438 g/mol. The van der Waals surface area contributed by atoms with Gasteiger partial charge in [0.05, 0.1) is 16.8 Å². The van der Waals surface area contributed by atoms with Gasteiger partial charge in [0.15, 0.2) is 11.6 Å². The minimum atomic E-state index is -0.185. The van der Waals surface area contributed by atoms with Crippen molar-refractivity contribution in [3.8, 4) is 17.1 Å². The Morgan fingerprint density at radius 2 is 1.71 bits per heavy atom. The average molecular weight is 462 g/mol. The predicted molar refractivity (Wildman–Crippen MR) is 137 cm³/mol. The molecule has 0 unspecified atom stereocenters. The third-order valence-corrected chi connectivity index (χ3v) is 5.96. The van der Waals surface area contributed by atoms with E-state index >= 15 is 0 Å². The summed E-state index contributed by atoms with van der Waals surface area (Å²) in [5, 5.41) is 12.6. The van der Waals surface area contributed by atoms with Crippen molar-refractivity contribution in [3.05, 3.63) is 112 Å². The van der Waals surface area contributed by atoms with Crippen LogP contribution in [0.4, 0.5) is 0 Å². The minimum Gasteiger partial charge on any atom is -0.322 e. The van der Waals surface area contributed by atoms with Gasteiger partial charge < -0.3 is 4.57 Å². The van der Waals surface area contributed by atoms with Crippen molar-refractivity contribution >= 4 is 22.9 Å². The van der Waals surface area contributed by atoms with Gasteiger partial charge in [-0.25, -0.2) is 0 Å². The van der Waals surface area contributed by atoms with Crippen LogP contribution < -0.4 is 5.43 Å². The highest BCUT2D eigenvalue weighted by Gasteiger charge is 2.17. The number of tetrazole rings is 1. The Kier molecular flexibility index (Phi) is 5.89. The average Bonchev–Trinajstić information content (AvgIpc) is 3.38. The lowest BCUT2D eigenvalue weighted by molar-refractivity contribution is 0.104. The normalized spacial score (nSPS) is 11.4. The molecule has 0 aliphatic heterocycles. The second kappa shape index (κ2) is 9.30. The summed E-state index contributed by atoms with van der Waals surface area (Å²) >= 11 is 0. The van der Waals surface area contributed by atoms with Crippen LogP contribution in [0, 0.1) is 6.92 Å². The highest BCUT2D eigenvalue weighted by atomic mass is 16.1. The van der Waals surface area contributed by atoms with Crippen LogP contribution in [0.5, 0.6) is 0 Å². The number of aromatic nitrogens is 5. The molecule has 0 saturated heterocycles. The highest BCUT2D eigenvalue weighted by Crippen LogP contribution is 2.21. The van der Waals surface area contributed by atoms with Gasteiger partial charge in [-0.05, 0) is 53.6 Å². The number of rotatable bonds is 6. The van der Waals surface area contributed by atoms with Crippen molar-refractivity contribution in [1.29, 1.82) is 0 Å².